The Labute approximate surface area is 130 Å². The van der Waals surface area contributed by atoms with Crippen LogP contribution in [0.2, 0.25) is 0 Å². The van der Waals surface area contributed by atoms with E-state index in [2.05, 4.69) is 10.3 Å². The van der Waals surface area contributed by atoms with E-state index < -0.39 is 11.8 Å². The lowest BCUT2D eigenvalue weighted by Gasteiger charge is -2.04. The standard InChI is InChI=1S/C14H13N3O4S/c1-8(18)16-14-17-13(20)11(22-14)6-9-3-2-4-10(5-9)21-7-12(15)19/h2-6H,7H2,1H3,(H2,15,19)(H,16,17,18,20)/b11-6-. The van der Waals surface area contributed by atoms with E-state index in [1.54, 1.807) is 30.3 Å². The lowest BCUT2D eigenvalue weighted by atomic mass is 10.2. The van der Waals surface area contributed by atoms with Gasteiger partial charge in [0.15, 0.2) is 11.8 Å². The molecular weight excluding hydrogens is 306 g/mol. The van der Waals surface area contributed by atoms with Crippen LogP contribution in [0.3, 0.4) is 0 Å². The summed E-state index contributed by atoms with van der Waals surface area (Å²) in [5, 5.41) is 2.72. The predicted octanol–water partition coefficient (Wildman–Crippen LogP) is 0.657. The average Bonchev–Trinajstić information content (AvgIpc) is 2.76. The van der Waals surface area contributed by atoms with Gasteiger partial charge in [-0.15, -0.1) is 0 Å². The van der Waals surface area contributed by atoms with Crippen molar-refractivity contribution in [2.75, 3.05) is 6.61 Å². The number of benzene rings is 1. The van der Waals surface area contributed by atoms with Crippen molar-refractivity contribution in [3.63, 3.8) is 0 Å². The fraction of sp³-hybridized carbons (Fsp3) is 0.143. The number of carbonyl (C=O) groups is 3. The molecule has 0 spiro atoms. The average molecular weight is 319 g/mol. The van der Waals surface area contributed by atoms with Gasteiger partial charge in [0.05, 0.1) is 4.91 Å². The molecule has 1 aromatic carbocycles. The Bertz CT molecular complexity index is 697. The number of amidine groups is 1. The molecule has 7 nitrogen and oxygen atoms in total. The molecule has 22 heavy (non-hydrogen) atoms. The fourth-order valence-corrected chi connectivity index (χ4v) is 2.47. The van der Waals surface area contributed by atoms with Gasteiger partial charge in [-0.05, 0) is 35.5 Å². The predicted molar refractivity (Wildman–Crippen MR) is 83.0 cm³/mol. The zero-order valence-electron chi connectivity index (χ0n) is 11.7. The molecule has 1 aromatic rings. The van der Waals surface area contributed by atoms with E-state index in [9.17, 15) is 14.4 Å². The molecule has 0 atom stereocenters. The van der Waals surface area contributed by atoms with E-state index in [0.29, 0.717) is 16.2 Å². The number of aliphatic imine (C=N–C) groups is 1. The van der Waals surface area contributed by atoms with Crippen LogP contribution in [-0.4, -0.2) is 29.5 Å². The number of nitrogens with one attached hydrogen (secondary N) is 1. The lowest BCUT2D eigenvalue weighted by molar-refractivity contribution is -0.120. The Balaban J connectivity index is 2.10. The lowest BCUT2D eigenvalue weighted by Crippen LogP contribution is -2.23. The van der Waals surface area contributed by atoms with Crippen LogP contribution in [0, 0.1) is 0 Å². The summed E-state index contributed by atoms with van der Waals surface area (Å²) < 4.78 is 5.19. The Morgan fingerprint density at radius 1 is 1.45 bits per heavy atom. The summed E-state index contributed by atoms with van der Waals surface area (Å²) in [7, 11) is 0. The van der Waals surface area contributed by atoms with Crippen LogP contribution in [0.5, 0.6) is 5.75 Å². The first-order valence-electron chi connectivity index (χ1n) is 6.25. The van der Waals surface area contributed by atoms with Crippen LogP contribution >= 0.6 is 11.8 Å². The maximum absolute atomic E-state index is 11.8. The van der Waals surface area contributed by atoms with E-state index in [1.807, 2.05) is 0 Å². The van der Waals surface area contributed by atoms with Crippen molar-refractivity contribution >= 4 is 40.7 Å². The minimum atomic E-state index is -0.571. The van der Waals surface area contributed by atoms with Crippen LogP contribution < -0.4 is 15.8 Å². The molecule has 0 unspecified atom stereocenters. The van der Waals surface area contributed by atoms with Gasteiger partial charge < -0.3 is 15.8 Å². The molecule has 1 aliphatic rings. The van der Waals surface area contributed by atoms with E-state index in [0.717, 1.165) is 11.8 Å². The molecule has 0 fully saturated rings. The van der Waals surface area contributed by atoms with Gasteiger partial charge in [-0.1, -0.05) is 12.1 Å². The molecule has 0 aromatic heterocycles. The maximum Gasteiger partial charge on any atom is 0.286 e. The van der Waals surface area contributed by atoms with Crippen LogP contribution in [0.25, 0.3) is 6.08 Å². The second kappa shape index (κ2) is 6.90. The summed E-state index contributed by atoms with van der Waals surface area (Å²) in [6.45, 7) is 1.12. The van der Waals surface area contributed by atoms with E-state index in [4.69, 9.17) is 10.5 Å². The second-order valence-electron chi connectivity index (χ2n) is 4.34. The Hall–Kier alpha value is -2.61. The highest BCUT2D eigenvalue weighted by Crippen LogP contribution is 2.28. The molecule has 1 heterocycles. The largest absolute Gasteiger partial charge is 0.484 e. The SMILES string of the molecule is CC(=O)NC1=NC(=O)/C(=C/c2cccc(OCC(N)=O)c2)S1. The van der Waals surface area contributed by atoms with Gasteiger partial charge >= 0.3 is 0 Å². The number of thioether (sulfide) groups is 1. The first kappa shape index (κ1) is 15.8. The highest BCUT2D eigenvalue weighted by atomic mass is 32.2. The van der Waals surface area contributed by atoms with Gasteiger partial charge in [0.25, 0.3) is 11.8 Å². The minimum Gasteiger partial charge on any atom is -0.484 e. The van der Waals surface area contributed by atoms with Crippen molar-refractivity contribution in [2.24, 2.45) is 10.7 Å². The highest BCUT2D eigenvalue weighted by molar-refractivity contribution is 8.18. The molecule has 2 rings (SSSR count). The first-order valence-corrected chi connectivity index (χ1v) is 7.07. The third-order valence-corrected chi connectivity index (χ3v) is 3.34. The van der Waals surface area contributed by atoms with Gasteiger partial charge in [-0.25, -0.2) is 0 Å². The third-order valence-electron chi connectivity index (χ3n) is 2.44. The monoisotopic (exact) mass is 319 g/mol. The third kappa shape index (κ3) is 4.45. The van der Waals surface area contributed by atoms with Gasteiger partial charge in [0, 0.05) is 6.92 Å². The number of nitrogens with two attached hydrogens (primary N) is 1. The van der Waals surface area contributed by atoms with Crippen molar-refractivity contribution in [3.8, 4) is 5.75 Å². The number of rotatable bonds is 4. The highest BCUT2D eigenvalue weighted by Gasteiger charge is 2.22. The molecule has 0 saturated carbocycles. The van der Waals surface area contributed by atoms with Gasteiger partial charge in [0.2, 0.25) is 5.91 Å². The Morgan fingerprint density at radius 2 is 2.23 bits per heavy atom. The van der Waals surface area contributed by atoms with E-state index in [-0.39, 0.29) is 17.7 Å². The number of primary amides is 1. The molecule has 0 bridgehead atoms. The molecule has 0 saturated heterocycles. The van der Waals surface area contributed by atoms with Crippen molar-refractivity contribution in [2.45, 2.75) is 6.92 Å². The summed E-state index contributed by atoms with van der Waals surface area (Å²) >= 11 is 1.08. The molecule has 8 heteroatoms. The van der Waals surface area contributed by atoms with Crippen LogP contribution in [0.15, 0.2) is 34.2 Å². The molecule has 3 N–H and O–H groups in total. The van der Waals surface area contributed by atoms with Gasteiger partial charge in [-0.3, -0.25) is 14.4 Å². The molecule has 114 valence electrons. The zero-order valence-corrected chi connectivity index (χ0v) is 12.5. The van der Waals surface area contributed by atoms with Crippen molar-refractivity contribution in [1.82, 2.24) is 5.32 Å². The van der Waals surface area contributed by atoms with Crippen LogP contribution in [-0.2, 0) is 14.4 Å². The maximum atomic E-state index is 11.8. The molecule has 0 aliphatic carbocycles. The Morgan fingerprint density at radius 3 is 2.91 bits per heavy atom. The summed E-state index contributed by atoms with van der Waals surface area (Å²) in [5.74, 6) is -0.815. The minimum absolute atomic E-state index is 0.219. The smallest absolute Gasteiger partial charge is 0.286 e. The molecule has 1 aliphatic heterocycles. The zero-order chi connectivity index (χ0) is 16.1. The van der Waals surface area contributed by atoms with Crippen molar-refractivity contribution in [3.05, 3.63) is 34.7 Å². The van der Waals surface area contributed by atoms with Crippen LogP contribution in [0.4, 0.5) is 0 Å². The van der Waals surface area contributed by atoms with Crippen LogP contribution in [0.1, 0.15) is 12.5 Å². The number of hydrogen-bond acceptors (Lipinski definition) is 5. The summed E-state index contributed by atoms with van der Waals surface area (Å²) in [5.41, 5.74) is 5.72. The number of amides is 3. The number of carbonyl (C=O) groups excluding carboxylic acids is 3. The summed E-state index contributed by atoms with van der Waals surface area (Å²) in [6, 6.07) is 6.84. The van der Waals surface area contributed by atoms with Gasteiger partial charge in [-0.2, -0.15) is 4.99 Å². The normalized spacial score (nSPS) is 15.6. The fourth-order valence-electron chi connectivity index (χ4n) is 1.61. The van der Waals surface area contributed by atoms with Gasteiger partial charge in [0.1, 0.15) is 5.75 Å². The number of ether oxygens (including phenoxy) is 1. The molecule has 3 amide bonds. The first-order chi connectivity index (χ1) is 10.4. The van der Waals surface area contributed by atoms with E-state index in [1.165, 1.54) is 6.92 Å². The second-order valence-corrected chi connectivity index (χ2v) is 5.37. The quantitative estimate of drug-likeness (QED) is 0.792. The summed E-state index contributed by atoms with van der Waals surface area (Å²) in [6.07, 6.45) is 1.63. The molecule has 0 radical (unpaired) electrons. The topological polar surface area (TPSA) is 111 Å². The number of hydrogen-bond donors (Lipinski definition) is 2. The summed E-state index contributed by atoms with van der Waals surface area (Å²) in [4.78, 5) is 37.5. The van der Waals surface area contributed by atoms with Crippen molar-refractivity contribution in [1.29, 1.82) is 0 Å². The van der Waals surface area contributed by atoms with Crippen molar-refractivity contribution < 1.29 is 19.1 Å². The molecular formula is C14H13N3O4S. The van der Waals surface area contributed by atoms with E-state index >= 15 is 0 Å². The number of nitrogens with zero attached hydrogens (tertiary/aromatic N) is 1. The Kier molecular flexibility index (Phi) is 4.95.